The summed E-state index contributed by atoms with van der Waals surface area (Å²) in [6, 6.07) is 4.40. The Kier molecular flexibility index (Phi) is 5.12. The molecular formula is C13H9Br2F4NS. The molecule has 0 fully saturated rings. The van der Waals surface area contributed by atoms with E-state index in [4.69, 9.17) is 0 Å². The molecule has 114 valence electrons. The van der Waals surface area contributed by atoms with Gasteiger partial charge in [0.25, 0.3) is 0 Å². The number of nitrogens with one attached hydrogen (secondary N) is 1. The van der Waals surface area contributed by atoms with Crippen LogP contribution in [-0.4, -0.2) is 7.05 Å². The predicted molar refractivity (Wildman–Crippen MR) is 82.0 cm³/mol. The van der Waals surface area contributed by atoms with Crippen molar-refractivity contribution in [2.24, 2.45) is 0 Å². The van der Waals surface area contributed by atoms with Crippen LogP contribution in [-0.2, 0) is 6.18 Å². The molecular weight excluding hydrogens is 438 g/mol. The first-order valence-corrected chi connectivity index (χ1v) is 8.13. The van der Waals surface area contributed by atoms with E-state index in [1.54, 1.807) is 13.1 Å². The number of rotatable bonds is 3. The Hall–Kier alpha value is -0.440. The molecule has 1 unspecified atom stereocenters. The predicted octanol–water partition coefficient (Wildman–Crippen LogP) is 5.74. The highest BCUT2D eigenvalue weighted by atomic mass is 79.9. The minimum atomic E-state index is -4.71. The van der Waals surface area contributed by atoms with Crippen molar-refractivity contribution < 1.29 is 17.6 Å². The molecule has 0 radical (unpaired) electrons. The van der Waals surface area contributed by atoms with Crippen LogP contribution < -0.4 is 5.32 Å². The van der Waals surface area contributed by atoms with Gasteiger partial charge in [0.15, 0.2) is 0 Å². The summed E-state index contributed by atoms with van der Waals surface area (Å²) in [5.74, 6) is -1.25. The van der Waals surface area contributed by atoms with Crippen LogP contribution in [0.5, 0.6) is 0 Å². The van der Waals surface area contributed by atoms with Gasteiger partial charge in [-0.3, -0.25) is 0 Å². The van der Waals surface area contributed by atoms with Gasteiger partial charge in [-0.1, -0.05) is 12.1 Å². The summed E-state index contributed by atoms with van der Waals surface area (Å²) >= 11 is 7.96. The Morgan fingerprint density at radius 1 is 1.24 bits per heavy atom. The van der Waals surface area contributed by atoms with Gasteiger partial charge in [0.05, 0.1) is 15.4 Å². The first-order chi connectivity index (χ1) is 9.75. The first-order valence-electron chi connectivity index (χ1n) is 5.73. The molecule has 1 nitrogen and oxygen atoms in total. The van der Waals surface area contributed by atoms with Crippen molar-refractivity contribution in [1.82, 2.24) is 5.32 Å². The maximum atomic E-state index is 14.2. The summed E-state index contributed by atoms with van der Waals surface area (Å²) in [4.78, 5) is 0.703. The van der Waals surface area contributed by atoms with Gasteiger partial charge in [0, 0.05) is 14.9 Å². The van der Waals surface area contributed by atoms with Gasteiger partial charge in [-0.05, 0) is 51.0 Å². The van der Waals surface area contributed by atoms with Crippen molar-refractivity contribution >= 4 is 43.2 Å². The van der Waals surface area contributed by atoms with Crippen LogP contribution in [0.1, 0.15) is 22.0 Å². The molecule has 1 aromatic heterocycles. The average Bonchev–Trinajstić information content (AvgIpc) is 2.71. The van der Waals surface area contributed by atoms with Crippen LogP contribution in [0.2, 0.25) is 0 Å². The first kappa shape index (κ1) is 16.9. The summed E-state index contributed by atoms with van der Waals surface area (Å²) in [7, 11) is 1.58. The number of thiophene rings is 1. The summed E-state index contributed by atoms with van der Waals surface area (Å²) in [5.41, 5.74) is -1.29. The second-order valence-corrected chi connectivity index (χ2v) is 7.45. The lowest BCUT2D eigenvalue weighted by molar-refractivity contribution is -0.140. The van der Waals surface area contributed by atoms with Crippen LogP contribution in [0.25, 0.3) is 0 Å². The van der Waals surface area contributed by atoms with Gasteiger partial charge in [0.2, 0.25) is 0 Å². The van der Waals surface area contributed by atoms with Crippen LogP contribution in [0.15, 0.2) is 32.5 Å². The molecule has 2 aromatic rings. The van der Waals surface area contributed by atoms with E-state index in [0.29, 0.717) is 4.88 Å². The van der Waals surface area contributed by atoms with E-state index in [2.05, 4.69) is 37.2 Å². The number of benzene rings is 1. The molecule has 0 aliphatic heterocycles. The molecule has 0 aliphatic rings. The topological polar surface area (TPSA) is 12.0 Å². The van der Waals surface area contributed by atoms with E-state index >= 15 is 0 Å². The number of hydrogen-bond donors (Lipinski definition) is 1. The summed E-state index contributed by atoms with van der Waals surface area (Å²) in [6.45, 7) is 0. The van der Waals surface area contributed by atoms with E-state index in [1.807, 2.05) is 0 Å². The van der Waals surface area contributed by atoms with Crippen LogP contribution in [0.3, 0.4) is 0 Å². The highest BCUT2D eigenvalue weighted by molar-refractivity contribution is 9.13. The lowest BCUT2D eigenvalue weighted by Crippen LogP contribution is -2.20. The van der Waals surface area contributed by atoms with Crippen molar-refractivity contribution in [2.45, 2.75) is 12.2 Å². The summed E-state index contributed by atoms with van der Waals surface area (Å²) in [6.07, 6.45) is -4.71. The average molecular weight is 447 g/mol. The minimum Gasteiger partial charge on any atom is -0.309 e. The summed E-state index contributed by atoms with van der Waals surface area (Å²) in [5, 5.41) is 2.86. The molecule has 1 N–H and O–H groups in total. The number of halogens is 6. The number of hydrogen-bond acceptors (Lipinski definition) is 2. The Bertz CT molecular complexity index is 635. The van der Waals surface area contributed by atoms with Crippen molar-refractivity contribution in [2.75, 3.05) is 7.05 Å². The van der Waals surface area contributed by atoms with E-state index in [0.717, 1.165) is 14.3 Å². The molecule has 1 aromatic carbocycles. The third kappa shape index (κ3) is 3.49. The van der Waals surface area contributed by atoms with Crippen molar-refractivity contribution in [3.05, 3.63) is 54.3 Å². The van der Waals surface area contributed by atoms with E-state index < -0.39 is 23.6 Å². The number of alkyl halides is 3. The molecule has 8 heteroatoms. The zero-order valence-corrected chi connectivity index (χ0v) is 14.6. The fraction of sp³-hybridized carbons (Fsp3) is 0.231. The molecule has 1 heterocycles. The molecule has 21 heavy (non-hydrogen) atoms. The van der Waals surface area contributed by atoms with Crippen molar-refractivity contribution in [3.63, 3.8) is 0 Å². The third-order valence-corrected chi connectivity index (χ3v) is 6.20. The van der Waals surface area contributed by atoms with Crippen LogP contribution in [0, 0.1) is 5.82 Å². The zero-order chi connectivity index (χ0) is 15.8. The Balaban J connectivity index is 2.53. The fourth-order valence-electron chi connectivity index (χ4n) is 1.95. The van der Waals surface area contributed by atoms with Crippen LogP contribution in [0.4, 0.5) is 17.6 Å². The molecule has 0 aliphatic carbocycles. The van der Waals surface area contributed by atoms with Gasteiger partial charge in [0.1, 0.15) is 5.82 Å². The lowest BCUT2D eigenvalue weighted by Gasteiger charge is -2.18. The summed E-state index contributed by atoms with van der Waals surface area (Å²) < 4.78 is 54.2. The van der Waals surface area contributed by atoms with E-state index in [9.17, 15) is 17.6 Å². The molecule has 0 bridgehead atoms. The van der Waals surface area contributed by atoms with Gasteiger partial charge in [-0.15, -0.1) is 11.3 Å². The fourth-order valence-corrected chi connectivity index (χ4v) is 4.17. The van der Waals surface area contributed by atoms with E-state index in [1.165, 1.54) is 23.5 Å². The molecule has 0 amide bonds. The molecule has 0 saturated heterocycles. The van der Waals surface area contributed by atoms with Crippen LogP contribution >= 0.6 is 43.2 Å². The second-order valence-electron chi connectivity index (χ2n) is 4.20. The van der Waals surface area contributed by atoms with Gasteiger partial charge in [-0.25, -0.2) is 4.39 Å². The molecule has 1 atom stereocenters. The monoisotopic (exact) mass is 445 g/mol. The van der Waals surface area contributed by atoms with Gasteiger partial charge < -0.3 is 5.32 Å². The Morgan fingerprint density at radius 3 is 2.38 bits per heavy atom. The standard InChI is InChI=1S/C13H9Br2F4NS/c1-20-11(9-5-8(14)12(15)21-9)6-3-2-4-7(10(6)16)13(17,18)19/h2-5,11,20H,1H3. The SMILES string of the molecule is CNC(c1cc(Br)c(Br)s1)c1cccc(C(F)(F)F)c1F. The van der Waals surface area contributed by atoms with Gasteiger partial charge >= 0.3 is 6.18 Å². The zero-order valence-electron chi connectivity index (χ0n) is 10.6. The molecule has 0 spiro atoms. The third-order valence-electron chi connectivity index (χ3n) is 2.88. The van der Waals surface area contributed by atoms with Gasteiger partial charge in [-0.2, -0.15) is 13.2 Å². The highest BCUT2D eigenvalue weighted by Crippen LogP contribution is 2.40. The quantitative estimate of drug-likeness (QED) is 0.593. The largest absolute Gasteiger partial charge is 0.419 e. The smallest absolute Gasteiger partial charge is 0.309 e. The highest BCUT2D eigenvalue weighted by Gasteiger charge is 2.36. The second kappa shape index (κ2) is 6.36. The lowest BCUT2D eigenvalue weighted by atomic mass is 10.0. The normalized spacial score (nSPS) is 13.5. The van der Waals surface area contributed by atoms with Crippen molar-refractivity contribution in [1.29, 1.82) is 0 Å². The minimum absolute atomic E-state index is 0.0337. The maximum Gasteiger partial charge on any atom is 0.419 e. The molecule has 0 saturated carbocycles. The van der Waals surface area contributed by atoms with E-state index in [-0.39, 0.29) is 5.56 Å². The maximum absolute atomic E-state index is 14.2. The Morgan fingerprint density at radius 2 is 1.90 bits per heavy atom. The molecule has 2 rings (SSSR count). The van der Waals surface area contributed by atoms with Crippen molar-refractivity contribution in [3.8, 4) is 0 Å². The Labute approximate surface area is 139 Å².